The van der Waals surface area contributed by atoms with Gasteiger partial charge in [0.15, 0.2) is 11.5 Å². The first-order chi connectivity index (χ1) is 16.9. The molecule has 0 amide bonds. The monoisotopic (exact) mass is 470 g/mol. The molecule has 0 aliphatic heterocycles. The molecule has 3 aromatic carbocycles. The summed E-state index contributed by atoms with van der Waals surface area (Å²) in [5.41, 5.74) is 3.30. The van der Waals surface area contributed by atoms with Crippen LogP contribution in [0.1, 0.15) is 32.6 Å². The van der Waals surface area contributed by atoms with Gasteiger partial charge in [-0.05, 0) is 65.6 Å². The third-order valence-corrected chi connectivity index (χ3v) is 5.14. The fourth-order valence-electron chi connectivity index (χ4n) is 3.40. The number of nitro benzene ring substituents is 1. The Labute approximate surface area is 202 Å². The zero-order chi connectivity index (χ0) is 25.4. The van der Waals surface area contributed by atoms with Gasteiger partial charge in [-0.1, -0.05) is 18.2 Å². The van der Waals surface area contributed by atoms with Crippen LogP contribution in [0.2, 0.25) is 0 Å². The Balaban J connectivity index is 1.93. The van der Waals surface area contributed by atoms with Crippen LogP contribution in [0.25, 0.3) is 11.6 Å². The number of carbonyl (C=O) groups is 1. The first kappa shape index (κ1) is 24.7. The van der Waals surface area contributed by atoms with Crippen molar-refractivity contribution in [2.24, 2.45) is 0 Å². The molecule has 0 unspecified atom stereocenters. The number of rotatable bonds is 10. The highest BCUT2D eigenvalue weighted by Crippen LogP contribution is 2.35. The molecule has 3 aromatic rings. The zero-order valence-electron chi connectivity index (χ0n) is 18.9. The van der Waals surface area contributed by atoms with E-state index in [1.165, 1.54) is 31.4 Å². The summed E-state index contributed by atoms with van der Waals surface area (Å²) >= 11 is 0. The normalized spacial score (nSPS) is 10.8. The van der Waals surface area contributed by atoms with E-state index in [1.54, 1.807) is 42.5 Å². The Kier molecular flexibility index (Phi) is 7.98. The largest absolute Gasteiger partial charge is 0.493 e. The van der Waals surface area contributed by atoms with Crippen LogP contribution in [-0.2, 0) is 13.0 Å². The number of methoxy groups -OCH3 is 1. The van der Waals surface area contributed by atoms with E-state index in [1.807, 2.05) is 6.07 Å². The van der Waals surface area contributed by atoms with Crippen molar-refractivity contribution in [1.82, 2.24) is 0 Å². The van der Waals surface area contributed by atoms with Crippen molar-refractivity contribution >= 4 is 23.3 Å². The molecule has 0 aromatic heterocycles. The molecule has 0 aliphatic rings. The van der Waals surface area contributed by atoms with Crippen LogP contribution < -0.4 is 9.47 Å². The molecule has 0 aliphatic carbocycles. The van der Waals surface area contributed by atoms with Crippen molar-refractivity contribution in [3.05, 3.63) is 111 Å². The number of allylic oxidation sites excluding steroid dienone is 2. The van der Waals surface area contributed by atoms with Crippen molar-refractivity contribution in [1.29, 1.82) is 5.26 Å². The molecule has 8 nitrogen and oxygen atoms in total. The molecule has 0 heterocycles. The van der Waals surface area contributed by atoms with E-state index in [-0.39, 0.29) is 17.9 Å². The molecule has 0 spiro atoms. The molecule has 0 saturated carbocycles. The number of nitrogens with zero attached hydrogens (tertiary/aromatic N) is 2. The van der Waals surface area contributed by atoms with Gasteiger partial charge in [-0.3, -0.25) is 10.1 Å². The fraction of sp³-hybridized carbons (Fsp3) is 0.111. The number of non-ortho nitro benzene ring substituents is 1. The Bertz CT molecular complexity index is 1320. The second-order valence-electron chi connectivity index (χ2n) is 7.47. The maximum absolute atomic E-state index is 11.1. The minimum absolute atomic E-state index is 0.000661. The van der Waals surface area contributed by atoms with E-state index in [0.717, 1.165) is 11.1 Å². The molecule has 0 fully saturated rings. The van der Waals surface area contributed by atoms with Crippen LogP contribution in [0, 0.1) is 21.4 Å². The van der Waals surface area contributed by atoms with Crippen molar-refractivity contribution in [2.75, 3.05) is 7.11 Å². The molecule has 8 heteroatoms. The van der Waals surface area contributed by atoms with E-state index in [2.05, 4.69) is 12.6 Å². The summed E-state index contributed by atoms with van der Waals surface area (Å²) in [7, 11) is 1.51. The number of aromatic carboxylic acids is 1. The second kappa shape index (κ2) is 11.3. The number of hydrogen-bond acceptors (Lipinski definition) is 6. The second-order valence-corrected chi connectivity index (χ2v) is 7.47. The van der Waals surface area contributed by atoms with Crippen LogP contribution in [0.3, 0.4) is 0 Å². The molecular formula is C27H22N2O6. The van der Waals surface area contributed by atoms with Crippen LogP contribution in [-0.4, -0.2) is 23.1 Å². The molecule has 0 radical (unpaired) electrons. The van der Waals surface area contributed by atoms with Gasteiger partial charge < -0.3 is 14.6 Å². The smallest absolute Gasteiger partial charge is 0.335 e. The molecular weight excluding hydrogens is 448 g/mol. The summed E-state index contributed by atoms with van der Waals surface area (Å²) in [5.74, 6) is -0.0783. The number of carboxylic acids is 1. The van der Waals surface area contributed by atoms with Gasteiger partial charge >= 0.3 is 5.97 Å². The zero-order valence-corrected chi connectivity index (χ0v) is 18.9. The Hall–Kier alpha value is -4.90. The SMILES string of the molecule is C=CCc1cc(/C=C(/C#N)c2ccc(C(=O)O)cc2)cc(OC)c1OCc1ccc([N+](=O)[O-])cc1. The van der Waals surface area contributed by atoms with Gasteiger partial charge in [0, 0.05) is 17.7 Å². The topological polar surface area (TPSA) is 123 Å². The van der Waals surface area contributed by atoms with Gasteiger partial charge in [-0.15, -0.1) is 6.58 Å². The van der Waals surface area contributed by atoms with E-state index in [9.17, 15) is 20.2 Å². The summed E-state index contributed by atoms with van der Waals surface area (Å²) in [6, 6.07) is 17.9. The fourth-order valence-corrected chi connectivity index (χ4v) is 3.40. The van der Waals surface area contributed by atoms with Gasteiger partial charge in [0.25, 0.3) is 5.69 Å². The average molecular weight is 470 g/mol. The van der Waals surface area contributed by atoms with E-state index in [4.69, 9.17) is 14.6 Å². The van der Waals surface area contributed by atoms with Crippen molar-refractivity contribution < 1.29 is 24.3 Å². The van der Waals surface area contributed by atoms with Crippen LogP contribution in [0.15, 0.2) is 73.3 Å². The highest BCUT2D eigenvalue weighted by Gasteiger charge is 2.14. The maximum Gasteiger partial charge on any atom is 0.335 e. The predicted octanol–water partition coefficient (Wildman–Crippen LogP) is 5.67. The lowest BCUT2D eigenvalue weighted by atomic mass is 10.00. The lowest BCUT2D eigenvalue weighted by molar-refractivity contribution is -0.384. The van der Waals surface area contributed by atoms with Crippen LogP contribution in [0.4, 0.5) is 5.69 Å². The number of nitriles is 1. The quantitative estimate of drug-likeness (QED) is 0.133. The molecule has 1 N–H and O–H groups in total. The minimum Gasteiger partial charge on any atom is -0.493 e. The lowest BCUT2D eigenvalue weighted by Crippen LogP contribution is -2.02. The van der Waals surface area contributed by atoms with E-state index < -0.39 is 10.9 Å². The predicted molar refractivity (Wildman–Crippen MR) is 131 cm³/mol. The van der Waals surface area contributed by atoms with Gasteiger partial charge in [-0.2, -0.15) is 5.26 Å². The molecule has 35 heavy (non-hydrogen) atoms. The number of ether oxygens (including phenoxy) is 2. The molecule has 3 rings (SSSR count). The first-order valence-corrected chi connectivity index (χ1v) is 10.5. The third-order valence-electron chi connectivity index (χ3n) is 5.14. The molecule has 0 atom stereocenters. The van der Waals surface area contributed by atoms with Crippen molar-refractivity contribution in [3.8, 4) is 17.6 Å². The van der Waals surface area contributed by atoms with Crippen molar-refractivity contribution in [3.63, 3.8) is 0 Å². The van der Waals surface area contributed by atoms with Crippen LogP contribution >= 0.6 is 0 Å². The Morgan fingerprint density at radius 2 is 1.80 bits per heavy atom. The Morgan fingerprint density at radius 3 is 2.34 bits per heavy atom. The lowest BCUT2D eigenvalue weighted by Gasteiger charge is -2.16. The standard InChI is InChI=1S/C27H22N2O6/c1-3-4-22-13-19(14-23(16-28)20-7-9-21(10-8-20)27(30)31)15-25(34-2)26(22)35-17-18-5-11-24(12-6-18)29(32)33/h3,5-15H,1,4,17H2,2H3,(H,30,31)/b23-14-. The average Bonchev–Trinajstić information content (AvgIpc) is 2.86. The highest BCUT2D eigenvalue weighted by molar-refractivity contribution is 5.92. The number of hydrogen-bond donors (Lipinski definition) is 1. The maximum atomic E-state index is 11.1. The summed E-state index contributed by atoms with van der Waals surface area (Å²) in [5, 5.41) is 29.6. The number of nitro groups is 1. The van der Waals surface area contributed by atoms with Crippen LogP contribution in [0.5, 0.6) is 11.5 Å². The van der Waals surface area contributed by atoms with Crippen molar-refractivity contribution in [2.45, 2.75) is 13.0 Å². The summed E-state index contributed by atoms with van der Waals surface area (Å²) in [4.78, 5) is 21.5. The van der Waals surface area contributed by atoms with E-state index >= 15 is 0 Å². The summed E-state index contributed by atoms with van der Waals surface area (Å²) in [6.07, 6.45) is 3.88. The van der Waals surface area contributed by atoms with E-state index in [0.29, 0.717) is 34.6 Å². The summed E-state index contributed by atoms with van der Waals surface area (Å²) in [6.45, 7) is 3.97. The molecule has 176 valence electrons. The number of benzene rings is 3. The Morgan fingerprint density at radius 1 is 1.14 bits per heavy atom. The van der Waals surface area contributed by atoms with Gasteiger partial charge in [0.05, 0.1) is 29.2 Å². The molecule has 0 bridgehead atoms. The summed E-state index contributed by atoms with van der Waals surface area (Å²) < 4.78 is 11.6. The minimum atomic E-state index is -1.04. The van der Waals surface area contributed by atoms with Gasteiger partial charge in [-0.25, -0.2) is 4.79 Å². The van der Waals surface area contributed by atoms with Gasteiger partial charge in [0.1, 0.15) is 6.61 Å². The highest BCUT2D eigenvalue weighted by atomic mass is 16.6. The molecule has 0 saturated heterocycles. The van der Waals surface area contributed by atoms with Gasteiger partial charge in [0.2, 0.25) is 0 Å². The third kappa shape index (κ3) is 6.12. The number of carboxylic acid groups (broad SMARTS) is 1. The first-order valence-electron chi connectivity index (χ1n) is 10.5.